The number of ether oxygens (including phenoxy) is 3. The lowest BCUT2D eigenvalue weighted by Crippen LogP contribution is -2.13. The number of amides is 1. The van der Waals surface area contributed by atoms with E-state index in [-0.39, 0.29) is 11.4 Å². The van der Waals surface area contributed by atoms with Crippen LogP contribution in [0, 0.1) is 32.1 Å². The Labute approximate surface area is 206 Å². The van der Waals surface area contributed by atoms with Gasteiger partial charge in [-0.1, -0.05) is 17.3 Å². The van der Waals surface area contributed by atoms with Gasteiger partial charge in [-0.3, -0.25) is 4.79 Å². The van der Waals surface area contributed by atoms with E-state index in [9.17, 15) is 10.1 Å². The summed E-state index contributed by atoms with van der Waals surface area (Å²) in [4.78, 5) is 12.4. The first kappa shape index (κ1) is 24.9. The first-order valence-electron chi connectivity index (χ1n) is 10.4. The van der Waals surface area contributed by atoms with E-state index >= 15 is 0 Å². The molecule has 0 fully saturated rings. The number of halogens is 1. The Hall–Kier alpha value is -3.77. The Kier molecular flexibility index (Phi) is 8.33. The van der Waals surface area contributed by atoms with Gasteiger partial charge in [0.1, 0.15) is 36.4 Å². The van der Waals surface area contributed by atoms with Gasteiger partial charge < -0.3 is 24.1 Å². The van der Waals surface area contributed by atoms with Crippen molar-refractivity contribution in [2.24, 2.45) is 0 Å². The van der Waals surface area contributed by atoms with Gasteiger partial charge in [0.05, 0.1) is 11.6 Å². The summed E-state index contributed by atoms with van der Waals surface area (Å²) < 4.78 is 22.7. The number of hydrogen-bond donors (Lipinski definition) is 1. The quantitative estimate of drug-likeness (QED) is 0.227. The monoisotopic (exact) mass is 525 g/mol. The number of carbonyl (C=O) groups excluding carboxylic acids is 1. The number of anilines is 1. The highest BCUT2D eigenvalue weighted by Gasteiger charge is 2.15. The predicted octanol–water partition coefficient (Wildman–Crippen LogP) is 5.37. The molecule has 0 saturated heterocycles. The van der Waals surface area contributed by atoms with Crippen LogP contribution in [-0.4, -0.2) is 31.4 Å². The van der Waals surface area contributed by atoms with E-state index in [1.54, 1.807) is 25.1 Å². The van der Waals surface area contributed by atoms with E-state index in [0.29, 0.717) is 40.5 Å². The van der Waals surface area contributed by atoms with Crippen molar-refractivity contribution >= 4 is 33.7 Å². The molecule has 34 heavy (non-hydrogen) atoms. The lowest BCUT2D eigenvalue weighted by Gasteiger charge is -2.15. The number of hydrogen-bond acceptors (Lipinski definition) is 7. The summed E-state index contributed by atoms with van der Waals surface area (Å²) in [5.74, 6) is 1.92. The van der Waals surface area contributed by atoms with Crippen LogP contribution in [0.1, 0.15) is 22.5 Å². The summed E-state index contributed by atoms with van der Waals surface area (Å²) in [6, 6.07) is 12.9. The van der Waals surface area contributed by atoms with Crippen molar-refractivity contribution in [3.05, 3.63) is 68.9 Å². The van der Waals surface area contributed by atoms with Crippen molar-refractivity contribution in [1.29, 1.82) is 5.26 Å². The zero-order chi connectivity index (χ0) is 24.7. The molecule has 0 aliphatic heterocycles. The summed E-state index contributed by atoms with van der Waals surface area (Å²) in [5, 5.41) is 15.7. The van der Waals surface area contributed by atoms with Crippen LogP contribution < -0.4 is 19.5 Å². The highest BCUT2D eigenvalue weighted by atomic mass is 79.9. The predicted molar refractivity (Wildman–Crippen MR) is 131 cm³/mol. The van der Waals surface area contributed by atoms with Crippen LogP contribution in [0.4, 0.5) is 5.82 Å². The maximum atomic E-state index is 12.4. The number of rotatable bonds is 9. The molecule has 2 aromatic carbocycles. The van der Waals surface area contributed by atoms with E-state index < -0.39 is 5.91 Å². The van der Waals surface area contributed by atoms with Crippen molar-refractivity contribution in [1.82, 2.24) is 5.16 Å². The number of nitriles is 1. The minimum atomic E-state index is -0.602. The number of aromatic nitrogens is 1. The van der Waals surface area contributed by atoms with Gasteiger partial charge in [0.15, 0.2) is 17.3 Å². The van der Waals surface area contributed by atoms with E-state index in [1.165, 1.54) is 13.2 Å². The molecule has 1 heterocycles. The Morgan fingerprint density at radius 3 is 2.59 bits per heavy atom. The van der Waals surface area contributed by atoms with E-state index in [1.807, 2.05) is 38.1 Å². The third-order valence-electron chi connectivity index (χ3n) is 4.73. The molecule has 8 nitrogen and oxygen atoms in total. The number of nitrogens with one attached hydrogen (secondary N) is 1. The molecule has 0 saturated carbocycles. The topological polar surface area (TPSA) is 107 Å². The number of aryl methyl sites for hydroxylation is 3. The fourth-order valence-corrected chi connectivity index (χ4v) is 3.62. The highest BCUT2D eigenvalue weighted by molar-refractivity contribution is 9.10. The second-order valence-electron chi connectivity index (χ2n) is 7.45. The molecule has 0 unspecified atom stereocenters. The zero-order valence-electron chi connectivity index (χ0n) is 19.3. The van der Waals surface area contributed by atoms with Crippen LogP contribution in [0.2, 0.25) is 0 Å². The molecule has 3 rings (SSSR count). The van der Waals surface area contributed by atoms with E-state index in [2.05, 4.69) is 26.4 Å². The van der Waals surface area contributed by atoms with Crippen LogP contribution in [-0.2, 0) is 4.79 Å². The van der Waals surface area contributed by atoms with Crippen LogP contribution >= 0.6 is 15.9 Å². The lowest BCUT2D eigenvalue weighted by molar-refractivity contribution is -0.112. The second-order valence-corrected chi connectivity index (χ2v) is 8.30. The number of methoxy groups -OCH3 is 1. The van der Waals surface area contributed by atoms with E-state index in [0.717, 1.165) is 16.9 Å². The Balaban J connectivity index is 1.69. The van der Waals surface area contributed by atoms with E-state index in [4.69, 9.17) is 18.7 Å². The minimum absolute atomic E-state index is 0.106. The van der Waals surface area contributed by atoms with Crippen LogP contribution in [0.5, 0.6) is 17.2 Å². The fraction of sp³-hybridized carbons (Fsp3) is 0.240. The molecular formula is C25H24BrN3O5. The molecule has 1 amide bonds. The summed E-state index contributed by atoms with van der Waals surface area (Å²) in [6.45, 7) is 6.34. The largest absolute Gasteiger partial charge is 0.493 e. The zero-order valence-corrected chi connectivity index (χ0v) is 20.9. The standard InChI is InChI=1S/C25H24BrN3O5/c1-15-5-6-16(2)21(9-15)32-7-8-33-24-20(26)12-18(13-22(24)31-4)11-19(14-27)25(30)28-23-10-17(3)34-29-23/h5-6,9-13H,7-8H2,1-4H3,(H,28,29,30)/b19-11-. The van der Waals surface area contributed by atoms with Crippen molar-refractivity contribution in [3.63, 3.8) is 0 Å². The summed E-state index contributed by atoms with van der Waals surface area (Å²) in [5.41, 5.74) is 2.64. The van der Waals surface area contributed by atoms with Crippen molar-refractivity contribution in [3.8, 4) is 23.3 Å². The summed E-state index contributed by atoms with van der Waals surface area (Å²) in [7, 11) is 1.51. The molecule has 1 aromatic heterocycles. The third kappa shape index (κ3) is 6.39. The number of carbonyl (C=O) groups is 1. The van der Waals surface area contributed by atoms with Crippen LogP contribution in [0.25, 0.3) is 6.08 Å². The molecule has 176 valence electrons. The Morgan fingerprint density at radius 2 is 1.91 bits per heavy atom. The highest BCUT2D eigenvalue weighted by Crippen LogP contribution is 2.37. The number of nitrogens with zero attached hydrogens (tertiary/aromatic N) is 2. The maximum Gasteiger partial charge on any atom is 0.267 e. The number of benzene rings is 2. The Bertz CT molecular complexity index is 1260. The Morgan fingerprint density at radius 1 is 1.15 bits per heavy atom. The first-order valence-corrected chi connectivity index (χ1v) is 11.2. The van der Waals surface area contributed by atoms with Crippen LogP contribution in [0.3, 0.4) is 0 Å². The second kappa shape index (κ2) is 11.4. The molecule has 1 N–H and O–H groups in total. The lowest BCUT2D eigenvalue weighted by atomic mass is 10.1. The SMILES string of the molecule is COc1cc(/C=C(/C#N)C(=O)Nc2cc(C)on2)cc(Br)c1OCCOc1cc(C)ccc1C. The molecule has 3 aromatic rings. The van der Waals surface area contributed by atoms with Crippen molar-refractivity contribution in [2.45, 2.75) is 20.8 Å². The average molecular weight is 526 g/mol. The smallest absolute Gasteiger partial charge is 0.267 e. The third-order valence-corrected chi connectivity index (χ3v) is 5.32. The first-order chi connectivity index (χ1) is 16.3. The molecular weight excluding hydrogens is 502 g/mol. The fourth-order valence-electron chi connectivity index (χ4n) is 3.05. The molecule has 0 radical (unpaired) electrons. The molecule has 0 atom stereocenters. The summed E-state index contributed by atoms with van der Waals surface area (Å²) >= 11 is 3.48. The van der Waals surface area contributed by atoms with Crippen molar-refractivity contribution < 1.29 is 23.5 Å². The van der Waals surface area contributed by atoms with Gasteiger partial charge in [-0.05, 0) is 77.7 Å². The molecule has 0 bridgehead atoms. The normalized spacial score (nSPS) is 11.0. The van der Waals surface area contributed by atoms with Gasteiger partial charge in [-0.15, -0.1) is 0 Å². The van der Waals surface area contributed by atoms with Gasteiger partial charge >= 0.3 is 0 Å². The summed E-state index contributed by atoms with van der Waals surface area (Å²) in [6.07, 6.45) is 1.45. The van der Waals surface area contributed by atoms with Gasteiger partial charge in [0, 0.05) is 6.07 Å². The molecule has 0 aliphatic carbocycles. The minimum Gasteiger partial charge on any atom is -0.493 e. The molecule has 0 aliphatic rings. The van der Waals surface area contributed by atoms with Gasteiger partial charge in [-0.25, -0.2) is 0 Å². The van der Waals surface area contributed by atoms with Gasteiger partial charge in [-0.2, -0.15) is 5.26 Å². The van der Waals surface area contributed by atoms with Crippen LogP contribution in [0.15, 0.2) is 51.0 Å². The maximum absolute atomic E-state index is 12.4. The van der Waals surface area contributed by atoms with Gasteiger partial charge in [0.25, 0.3) is 5.91 Å². The molecule has 9 heteroatoms. The molecule has 0 spiro atoms. The van der Waals surface area contributed by atoms with Gasteiger partial charge in [0.2, 0.25) is 0 Å². The average Bonchev–Trinajstić information content (AvgIpc) is 3.22. The van der Waals surface area contributed by atoms with Crippen molar-refractivity contribution in [2.75, 3.05) is 25.6 Å².